The highest BCUT2D eigenvalue weighted by Crippen LogP contribution is 2.43. The van der Waals surface area contributed by atoms with Crippen LogP contribution in [-0.2, 0) is 14.8 Å². The van der Waals surface area contributed by atoms with Crippen LogP contribution in [0.2, 0.25) is 5.02 Å². The van der Waals surface area contributed by atoms with Crippen molar-refractivity contribution < 1.29 is 27.5 Å². The van der Waals surface area contributed by atoms with Crippen LogP contribution in [0.15, 0.2) is 108 Å². The number of nitrogens with one attached hydrogen (secondary N) is 5. The Bertz CT molecular complexity index is 2290. The number of aromatic amines is 1. The summed E-state index contributed by atoms with van der Waals surface area (Å²) < 4.78 is 39.9. The van der Waals surface area contributed by atoms with Gasteiger partial charge in [0.2, 0.25) is 0 Å². The summed E-state index contributed by atoms with van der Waals surface area (Å²) in [6.45, 7) is 7.31. The van der Waals surface area contributed by atoms with Crippen molar-refractivity contribution in [2.24, 2.45) is 5.41 Å². The zero-order valence-electron chi connectivity index (χ0n) is 31.1. The molecule has 288 valence electrons. The molecular formula is C42H46ClN5O6S. The van der Waals surface area contributed by atoms with E-state index in [0.29, 0.717) is 37.7 Å². The fourth-order valence-corrected chi connectivity index (χ4v) is 7.63. The Morgan fingerprint density at radius 2 is 1.67 bits per heavy atom. The number of sulfonamides is 1. The first-order chi connectivity index (χ1) is 26.4. The van der Waals surface area contributed by atoms with Gasteiger partial charge in [0.25, 0.3) is 21.8 Å². The van der Waals surface area contributed by atoms with Crippen molar-refractivity contribution in [1.82, 2.24) is 20.3 Å². The topological polar surface area (TPSA) is 151 Å². The van der Waals surface area contributed by atoms with Crippen LogP contribution in [0.1, 0.15) is 59.4 Å². The molecule has 0 spiro atoms. The first kappa shape index (κ1) is 39.6. The average Bonchev–Trinajstić information content (AvgIpc) is 3.63. The normalized spacial score (nSPS) is 14.1. The molecule has 0 unspecified atom stereocenters. The van der Waals surface area contributed by atoms with Crippen LogP contribution < -0.4 is 25.4 Å². The van der Waals surface area contributed by atoms with E-state index in [4.69, 9.17) is 21.1 Å². The number of rotatable bonds is 16. The van der Waals surface area contributed by atoms with E-state index in [1.807, 2.05) is 36.5 Å². The summed E-state index contributed by atoms with van der Waals surface area (Å²) >= 11 is 6.18. The van der Waals surface area contributed by atoms with E-state index < -0.39 is 15.9 Å². The number of ether oxygens (including phenoxy) is 2. The SMILES string of the molecule is COCCNC(=O)c1ccc(S(=O)(=O)NC(=O)c2ccc(NCCNCC3=C(c4ccc(Cl)cc4)CC(C)(C)CC3)cc2Oc2ccc3[nH]ccc3c2)cc1. The van der Waals surface area contributed by atoms with E-state index in [1.54, 1.807) is 18.2 Å². The van der Waals surface area contributed by atoms with Gasteiger partial charge in [0.1, 0.15) is 11.5 Å². The predicted octanol–water partition coefficient (Wildman–Crippen LogP) is 7.77. The van der Waals surface area contributed by atoms with Gasteiger partial charge in [-0.15, -0.1) is 0 Å². The van der Waals surface area contributed by atoms with Gasteiger partial charge in [-0.2, -0.15) is 0 Å². The molecule has 13 heteroatoms. The van der Waals surface area contributed by atoms with E-state index in [-0.39, 0.29) is 33.1 Å². The zero-order chi connectivity index (χ0) is 39.0. The van der Waals surface area contributed by atoms with Gasteiger partial charge >= 0.3 is 0 Å². The smallest absolute Gasteiger partial charge is 0.268 e. The highest BCUT2D eigenvalue weighted by Gasteiger charge is 2.28. The lowest BCUT2D eigenvalue weighted by atomic mass is 9.72. The maximum absolute atomic E-state index is 13.6. The van der Waals surface area contributed by atoms with Crippen molar-refractivity contribution >= 4 is 55.6 Å². The number of halogens is 1. The lowest BCUT2D eigenvalue weighted by Crippen LogP contribution is -2.31. The molecule has 5 aromatic rings. The summed E-state index contributed by atoms with van der Waals surface area (Å²) in [6, 6.07) is 25.7. The Labute approximate surface area is 326 Å². The Morgan fingerprint density at radius 3 is 2.44 bits per heavy atom. The van der Waals surface area contributed by atoms with Gasteiger partial charge in [0.15, 0.2) is 0 Å². The molecule has 55 heavy (non-hydrogen) atoms. The van der Waals surface area contributed by atoms with Gasteiger partial charge in [0, 0.05) is 72.7 Å². The third kappa shape index (κ3) is 10.3. The lowest BCUT2D eigenvalue weighted by Gasteiger charge is -2.34. The number of aromatic nitrogens is 1. The number of carbonyl (C=O) groups excluding carboxylic acids is 2. The molecule has 1 aliphatic rings. The third-order valence-corrected chi connectivity index (χ3v) is 11.2. The Morgan fingerprint density at radius 1 is 0.891 bits per heavy atom. The summed E-state index contributed by atoms with van der Waals surface area (Å²) in [6.07, 6.45) is 4.98. The molecular weight excluding hydrogens is 738 g/mol. The fraction of sp³-hybridized carbons (Fsp3) is 0.286. The molecule has 0 fully saturated rings. The largest absolute Gasteiger partial charge is 0.456 e. The van der Waals surface area contributed by atoms with Crippen LogP contribution in [0.3, 0.4) is 0 Å². The molecule has 11 nitrogen and oxygen atoms in total. The summed E-state index contributed by atoms with van der Waals surface area (Å²) in [5, 5.41) is 11.3. The Hall–Kier alpha value is -5.14. The number of H-pyrrole nitrogens is 1. The highest BCUT2D eigenvalue weighted by atomic mass is 35.5. The maximum Gasteiger partial charge on any atom is 0.268 e. The quantitative estimate of drug-likeness (QED) is 0.0638. The van der Waals surface area contributed by atoms with Gasteiger partial charge in [-0.25, -0.2) is 13.1 Å². The number of allylic oxidation sites excluding steroid dienone is 1. The Balaban J connectivity index is 1.14. The van der Waals surface area contributed by atoms with E-state index in [0.717, 1.165) is 41.7 Å². The summed E-state index contributed by atoms with van der Waals surface area (Å²) in [4.78, 5) is 28.9. The number of hydrogen-bond acceptors (Lipinski definition) is 8. The lowest BCUT2D eigenvalue weighted by molar-refractivity contribution is 0.0935. The van der Waals surface area contributed by atoms with Crippen LogP contribution >= 0.6 is 11.6 Å². The summed E-state index contributed by atoms with van der Waals surface area (Å²) in [5.41, 5.74) is 6.14. The maximum atomic E-state index is 13.6. The Kier molecular flexibility index (Phi) is 12.6. The van der Waals surface area contributed by atoms with Gasteiger partial charge < -0.3 is 30.4 Å². The van der Waals surface area contributed by atoms with Crippen LogP contribution in [0.4, 0.5) is 5.69 Å². The monoisotopic (exact) mass is 783 g/mol. The predicted molar refractivity (Wildman–Crippen MR) is 217 cm³/mol. The highest BCUT2D eigenvalue weighted by molar-refractivity contribution is 7.90. The van der Waals surface area contributed by atoms with Crippen LogP contribution in [-0.4, -0.2) is 65.1 Å². The molecule has 0 bridgehead atoms. The van der Waals surface area contributed by atoms with E-state index in [2.05, 4.69) is 51.6 Å². The molecule has 0 radical (unpaired) electrons. The van der Waals surface area contributed by atoms with Gasteiger partial charge in [-0.1, -0.05) is 43.2 Å². The molecule has 0 saturated heterocycles. The second-order valence-electron chi connectivity index (χ2n) is 14.3. The zero-order valence-corrected chi connectivity index (χ0v) is 32.7. The minimum absolute atomic E-state index is 0.0254. The average molecular weight is 784 g/mol. The molecule has 5 N–H and O–H groups in total. The van der Waals surface area contributed by atoms with Crippen LogP contribution in [0.25, 0.3) is 16.5 Å². The van der Waals surface area contributed by atoms with Crippen LogP contribution in [0, 0.1) is 5.41 Å². The van der Waals surface area contributed by atoms with Gasteiger partial charge in [-0.05, 0) is 109 Å². The number of fused-ring (bicyclic) bond motifs is 1. The first-order valence-electron chi connectivity index (χ1n) is 18.2. The summed E-state index contributed by atoms with van der Waals surface area (Å²) in [5.74, 6) is -0.593. The van der Waals surface area contributed by atoms with Gasteiger partial charge in [-0.3, -0.25) is 9.59 Å². The molecule has 1 aromatic heterocycles. The number of methoxy groups -OCH3 is 1. The van der Waals surface area contributed by atoms with E-state index in [9.17, 15) is 18.0 Å². The molecule has 1 heterocycles. The van der Waals surface area contributed by atoms with Crippen LogP contribution in [0.5, 0.6) is 11.5 Å². The minimum Gasteiger partial charge on any atom is -0.456 e. The second kappa shape index (κ2) is 17.5. The molecule has 2 amide bonds. The number of hydrogen-bond donors (Lipinski definition) is 5. The molecule has 0 saturated carbocycles. The molecule has 4 aromatic carbocycles. The van der Waals surface area contributed by atoms with Crippen molar-refractivity contribution in [2.45, 2.75) is 38.0 Å². The van der Waals surface area contributed by atoms with E-state index in [1.165, 1.54) is 54.2 Å². The van der Waals surface area contributed by atoms with Crippen molar-refractivity contribution in [1.29, 1.82) is 0 Å². The van der Waals surface area contributed by atoms with E-state index >= 15 is 0 Å². The number of amides is 2. The molecule has 0 aliphatic heterocycles. The summed E-state index contributed by atoms with van der Waals surface area (Å²) in [7, 11) is -2.77. The molecule has 1 aliphatic carbocycles. The minimum atomic E-state index is -4.30. The van der Waals surface area contributed by atoms with Gasteiger partial charge in [0.05, 0.1) is 17.1 Å². The van der Waals surface area contributed by atoms with Crippen molar-refractivity contribution in [3.05, 3.63) is 124 Å². The fourth-order valence-electron chi connectivity index (χ4n) is 6.54. The second-order valence-corrected chi connectivity index (χ2v) is 16.4. The standard InChI is InChI=1S/C42H46ClN5O6S/c1-42(2)18-16-31(37(26-42)28-4-8-32(43)9-5-28)27-44-20-21-45-33-10-14-36(39(25-33)54-34-11-15-38-30(24-34)17-19-46-38)41(50)48-55(51,52)35-12-6-29(7-13-35)40(49)47-22-23-53-3/h4-15,17,19,24-25,44-46H,16,18,20-23,26-27H2,1-3H3,(H,47,49)(H,48,50). The number of anilines is 1. The molecule has 0 atom stereocenters. The number of carbonyl (C=O) groups is 2. The molecule has 6 rings (SSSR count). The third-order valence-electron chi connectivity index (χ3n) is 9.57. The van der Waals surface area contributed by atoms with Crippen molar-refractivity contribution in [3.63, 3.8) is 0 Å². The number of benzene rings is 4. The van der Waals surface area contributed by atoms with Crippen molar-refractivity contribution in [2.75, 3.05) is 45.2 Å². The first-order valence-corrected chi connectivity index (χ1v) is 20.0. The van der Waals surface area contributed by atoms with Crippen molar-refractivity contribution in [3.8, 4) is 11.5 Å².